The Hall–Kier alpha value is 0.610. The van der Waals surface area contributed by atoms with Gasteiger partial charge in [0.05, 0.1) is 5.38 Å². The third kappa shape index (κ3) is 15.8. The Morgan fingerprint density at radius 1 is 1.10 bits per heavy atom. The lowest BCUT2D eigenvalue weighted by molar-refractivity contribution is 1.12. The van der Waals surface area contributed by atoms with Crippen molar-refractivity contribution in [2.75, 3.05) is 11.8 Å². The van der Waals surface area contributed by atoms with E-state index < -0.39 is 0 Å². The number of rotatable bonds is 2. The van der Waals surface area contributed by atoms with E-state index in [1.807, 2.05) is 26.0 Å². The fourth-order valence-electron chi connectivity index (χ4n) is 0.0412. The molecule has 0 saturated carbocycles. The van der Waals surface area contributed by atoms with Crippen LogP contribution >= 0.6 is 34.8 Å². The Balaban J connectivity index is 0. The third-order valence-electron chi connectivity index (χ3n) is 0.668. The van der Waals surface area contributed by atoms with Gasteiger partial charge in [-0.1, -0.05) is 12.2 Å². The summed E-state index contributed by atoms with van der Waals surface area (Å²) in [6.07, 6.45) is 4.00. The Morgan fingerprint density at radius 3 is 1.40 bits per heavy atom. The molecule has 0 nitrogen and oxygen atoms in total. The average Bonchev–Trinajstić information content (AvgIpc) is 2.03. The van der Waals surface area contributed by atoms with Gasteiger partial charge in [-0.15, -0.1) is 34.8 Å². The number of hydrogen-bond acceptors (Lipinski definition) is 0. The standard InChI is InChI=1S/C4H8.C3H5Cl3/c1-3-4-2;4-1-3(6)2-5/h3-4H,1-2H3;3H,1-2H2/b4-3+;. The van der Waals surface area contributed by atoms with Crippen molar-refractivity contribution in [3.05, 3.63) is 12.2 Å². The largest absolute Gasteiger partial charge is 0.125 e. The van der Waals surface area contributed by atoms with E-state index in [2.05, 4.69) is 0 Å². The van der Waals surface area contributed by atoms with Crippen molar-refractivity contribution in [3.63, 3.8) is 0 Å². The minimum absolute atomic E-state index is 0.0617. The maximum atomic E-state index is 5.39. The minimum atomic E-state index is -0.0617. The molecule has 0 spiro atoms. The highest BCUT2D eigenvalue weighted by molar-refractivity contribution is 6.32. The van der Waals surface area contributed by atoms with Crippen molar-refractivity contribution in [1.82, 2.24) is 0 Å². The first-order chi connectivity index (χ1) is 4.72. The smallest absolute Gasteiger partial charge is 0.0606 e. The molecule has 0 saturated heterocycles. The van der Waals surface area contributed by atoms with Crippen molar-refractivity contribution in [2.45, 2.75) is 19.2 Å². The van der Waals surface area contributed by atoms with Gasteiger partial charge in [0.2, 0.25) is 0 Å². The van der Waals surface area contributed by atoms with Crippen molar-refractivity contribution >= 4 is 34.8 Å². The van der Waals surface area contributed by atoms with E-state index in [1.54, 1.807) is 0 Å². The summed E-state index contributed by atoms with van der Waals surface area (Å²) in [7, 11) is 0. The maximum absolute atomic E-state index is 5.39. The predicted molar refractivity (Wildman–Crippen MR) is 51.6 cm³/mol. The molecule has 0 bridgehead atoms. The van der Waals surface area contributed by atoms with Crippen molar-refractivity contribution in [1.29, 1.82) is 0 Å². The van der Waals surface area contributed by atoms with Gasteiger partial charge in [0.1, 0.15) is 0 Å². The molecule has 0 amide bonds. The summed E-state index contributed by atoms with van der Waals surface area (Å²) in [5.74, 6) is 0.871. The van der Waals surface area contributed by atoms with Crippen molar-refractivity contribution in [3.8, 4) is 0 Å². The lowest BCUT2D eigenvalue weighted by Crippen LogP contribution is -1.99. The van der Waals surface area contributed by atoms with Crippen LogP contribution in [0.2, 0.25) is 0 Å². The van der Waals surface area contributed by atoms with Gasteiger partial charge in [-0.05, 0) is 13.8 Å². The van der Waals surface area contributed by atoms with Crippen LogP contribution in [0.1, 0.15) is 13.8 Å². The number of allylic oxidation sites excluding steroid dienone is 2. The molecule has 0 heterocycles. The van der Waals surface area contributed by atoms with Crippen LogP contribution in [0, 0.1) is 0 Å². The highest BCUT2D eigenvalue weighted by atomic mass is 35.5. The quantitative estimate of drug-likeness (QED) is 0.475. The van der Waals surface area contributed by atoms with E-state index in [1.165, 1.54) is 0 Å². The SMILES string of the molecule is C/C=C/C.ClCC(Cl)CCl. The fraction of sp³-hybridized carbons (Fsp3) is 0.714. The Kier molecular flexibility index (Phi) is 16.3. The molecule has 10 heavy (non-hydrogen) atoms. The fourth-order valence-corrected chi connectivity index (χ4v) is 0.371. The van der Waals surface area contributed by atoms with Gasteiger partial charge in [-0.25, -0.2) is 0 Å². The molecule has 0 N–H and O–H groups in total. The monoisotopic (exact) mass is 202 g/mol. The predicted octanol–water partition coefficient (Wildman–Crippen LogP) is 3.65. The van der Waals surface area contributed by atoms with E-state index in [0.717, 1.165) is 0 Å². The zero-order valence-electron chi connectivity index (χ0n) is 6.28. The second-order valence-corrected chi connectivity index (χ2v) is 2.81. The van der Waals surface area contributed by atoms with Crippen LogP contribution < -0.4 is 0 Å². The van der Waals surface area contributed by atoms with E-state index in [-0.39, 0.29) is 5.38 Å². The van der Waals surface area contributed by atoms with E-state index in [0.29, 0.717) is 11.8 Å². The average molecular weight is 204 g/mol. The third-order valence-corrected chi connectivity index (χ3v) is 2.04. The second-order valence-electron chi connectivity index (χ2n) is 1.57. The molecule has 0 aliphatic heterocycles. The molecular formula is C7H13Cl3. The normalized spacial score (nSPS) is 9.80. The summed E-state index contributed by atoms with van der Waals surface area (Å²) < 4.78 is 0. The van der Waals surface area contributed by atoms with E-state index >= 15 is 0 Å². The van der Waals surface area contributed by atoms with Gasteiger partial charge in [-0.3, -0.25) is 0 Å². The van der Waals surface area contributed by atoms with E-state index in [4.69, 9.17) is 34.8 Å². The van der Waals surface area contributed by atoms with Gasteiger partial charge in [-0.2, -0.15) is 0 Å². The lowest BCUT2D eigenvalue weighted by Gasteiger charge is -1.92. The zero-order valence-corrected chi connectivity index (χ0v) is 8.55. The number of halogens is 3. The molecule has 0 aromatic rings. The Bertz CT molecular complexity index is 63.3. The molecule has 0 aromatic carbocycles. The summed E-state index contributed by atoms with van der Waals surface area (Å²) >= 11 is 15.9. The molecular weight excluding hydrogens is 190 g/mol. The highest BCUT2D eigenvalue weighted by Gasteiger charge is 1.95. The first-order valence-electron chi connectivity index (χ1n) is 3.06. The van der Waals surface area contributed by atoms with Gasteiger partial charge < -0.3 is 0 Å². The van der Waals surface area contributed by atoms with Crippen LogP contribution in [0.5, 0.6) is 0 Å². The number of alkyl halides is 3. The summed E-state index contributed by atoms with van der Waals surface area (Å²) in [6, 6.07) is 0. The topological polar surface area (TPSA) is 0 Å². The Morgan fingerprint density at radius 2 is 1.40 bits per heavy atom. The first kappa shape index (κ1) is 13.2. The van der Waals surface area contributed by atoms with Crippen LogP contribution in [-0.4, -0.2) is 17.1 Å². The molecule has 0 atom stereocenters. The number of hydrogen-bond donors (Lipinski definition) is 0. The second kappa shape index (κ2) is 12.3. The van der Waals surface area contributed by atoms with Gasteiger partial charge in [0.15, 0.2) is 0 Å². The summed E-state index contributed by atoms with van der Waals surface area (Å²) in [6.45, 7) is 4.00. The van der Waals surface area contributed by atoms with Gasteiger partial charge in [0.25, 0.3) is 0 Å². The molecule has 3 heteroatoms. The van der Waals surface area contributed by atoms with Gasteiger partial charge in [0, 0.05) is 11.8 Å². The highest BCUT2D eigenvalue weighted by Crippen LogP contribution is 1.99. The Labute approximate surface area is 78.2 Å². The molecule has 0 unspecified atom stereocenters. The minimum Gasteiger partial charge on any atom is -0.125 e. The molecule has 0 aliphatic carbocycles. The van der Waals surface area contributed by atoms with Crippen LogP contribution in [0.15, 0.2) is 12.2 Å². The molecule has 62 valence electrons. The van der Waals surface area contributed by atoms with Crippen LogP contribution in [0.25, 0.3) is 0 Å². The van der Waals surface area contributed by atoms with Crippen LogP contribution in [0.4, 0.5) is 0 Å². The molecule has 0 aromatic heterocycles. The maximum Gasteiger partial charge on any atom is 0.0606 e. The molecule has 0 fully saturated rings. The summed E-state index contributed by atoms with van der Waals surface area (Å²) in [5.41, 5.74) is 0. The van der Waals surface area contributed by atoms with Gasteiger partial charge >= 0.3 is 0 Å². The summed E-state index contributed by atoms with van der Waals surface area (Å²) in [4.78, 5) is 0. The first-order valence-corrected chi connectivity index (χ1v) is 4.56. The molecule has 0 radical (unpaired) electrons. The lowest BCUT2D eigenvalue weighted by atomic mass is 10.6. The van der Waals surface area contributed by atoms with Crippen LogP contribution in [0.3, 0.4) is 0 Å². The van der Waals surface area contributed by atoms with Crippen molar-refractivity contribution < 1.29 is 0 Å². The van der Waals surface area contributed by atoms with Crippen molar-refractivity contribution in [2.24, 2.45) is 0 Å². The summed E-state index contributed by atoms with van der Waals surface area (Å²) in [5, 5.41) is -0.0617. The molecule has 0 rings (SSSR count). The van der Waals surface area contributed by atoms with E-state index in [9.17, 15) is 0 Å². The zero-order chi connectivity index (χ0) is 8.41. The molecule has 0 aliphatic rings. The van der Waals surface area contributed by atoms with Crippen LogP contribution in [-0.2, 0) is 0 Å².